The van der Waals surface area contributed by atoms with E-state index in [0.29, 0.717) is 19.8 Å². The molecule has 1 aromatic rings. The molecule has 1 saturated heterocycles. The van der Waals surface area contributed by atoms with Gasteiger partial charge in [-0.3, -0.25) is 9.69 Å². The van der Waals surface area contributed by atoms with Crippen molar-refractivity contribution in [1.29, 1.82) is 0 Å². The second-order valence-corrected chi connectivity index (χ2v) is 5.98. The van der Waals surface area contributed by atoms with Crippen LogP contribution in [0.25, 0.3) is 0 Å². The number of morpholine rings is 1. The summed E-state index contributed by atoms with van der Waals surface area (Å²) in [5.74, 6) is -0.992. The van der Waals surface area contributed by atoms with Gasteiger partial charge in [0.05, 0.1) is 25.9 Å². The summed E-state index contributed by atoms with van der Waals surface area (Å²) in [6.45, 7) is 4.59. The SMILES string of the molecule is CO[C@](C)(C(=O)N[C@@H](CO)CN1CCOCC1)c1ccccc1F. The lowest BCUT2D eigenvalue weighted by atomic mass is 9.93. The van der Waals surface area contributed by atoms with Crippen molar-refractivity contribution in [1.82, 2.24) is 10.2 Å². The first kappa shape index (κ1) is 18.8. The summed E-state index contributed by atoms with van der Waals surface area (Å²) in [6, 6.07) is 5.56. The third-order valence-electron chi connectivity index (χ3n) is 4.37. The van der Waals surface area contributed by atoms with Gasteiger partial charge in [0.25, 0.3) is 5.91 Å². The highest BCUT2D eigenvalue weighted by Crippen LogP contribution is 2.27. The Bertz CT molecular complexity index is 551. The molecule has 7 heteroatoms. The second kappa shape index (κ2) is 8.53. The van der Waals surface area contributed by atoms with Gasteiger partial charge in [0.15, 0.2) is 5.60 Å². The quantitative estimate of drug-likeness (QED) is 0.756. The molecule has 1 amide bonds. The van der Waals surface area contributed by atoms with E-state index in [9.17, 15) is 14.3 Å². The first-order valence-corrected chi connectivity index (χ1v) is 8.03. The first-order chi connectivity index (χ1) is 11.5. The molecule has 0 radical (unpaired) electrons. The predicted molar refractivity (Wildman–Crippen MR) is 87.0 cm³/mol. The molecule has 0 spiro atoms. The fourth-order valence-electron chi connectivity index (χ4n) is 2.74. The van der Waals surface area contributed by atoms with Gasteiger partial charge in [-0.2, -0.15) is 0 Å². The van der Waals surface area contributed by atoms with Crippen LogP contribution in [0.2, 0.25) is 0 Å². The third kappa shape index (κ3) is 4.30. The molecule has 1 heterocycles. The second-order valence-electron chi connectivity index (χ2n) is 5.98. The summed E-state index contributed by atoms with van der Waals surface area (Å²) in [5.41, 5.74) is -1.31. The van der Waals surface area contributed by atoms with Gasteiger partial charge >= 0.3 is 0 Å². The van der Waals surface area contributed by atoms with Crippen LogP contribution in [0.5, 0.6) is 0 Å². The molecule has 1 aromatic carbocycles. The van der Waals surface area contributed by atoms with Crippen LogP contribution in [0, 0.1) is 5.82 Å². The molecular formula is C17H25FN2O4. The number of methoxy groups -OCH3 is 1. The van der Waals surface area contributed by atoms with Crippen molar-refractivity contribution >= 4 is 5.91 Å². The maximum absolute atomic E-state index is 14.1. The van der Waals surface area contributed by atoms with Crippen molar-refractivity contribution in [3.63, 3.8) is 0 Å². The molecule has 0 bridgehead atoms. The van der Waals surface area contributed by atoms with Crippen molar-refractivity contribution in [2.24, 2.45) is 0 Å². The molecule has 1 aliphatic rings. The van der Waals surface area contributed by atoms with Crippen molar-refractivity contribution < 1.29 is 23.8 Å². The van der Waals surface area contributed by atoms with Crippen LogP contribution < -0.4 is 5.32 Å². The van der Waals surface area contributed by atoms with E-state index in [2.05, 4.69) is 10.2 Å². The third-order valence-corrected chi connectivity index (χ3v) is 4.37. The van der Waals surface area contributed by atoms with Crippen molar-refractivity contribution in [2.45, 2.75) is 18.6 Å². The first-order valence-electron chi connectivity index (χ1n) is 8.03. The number of carbonyl (C=O) groups is 1. The molecule has 1 aliphatic heterocycles. The summed E-state index contributed by atoms with van der Waals surface area (Å²) in [5, 5.41) is 12.3. The van der Waals surface area contributed by atoms with Crippen LogP contribution in [-0.4, -0.2) is 68.5 Å². The van der Waals surface area contributed by atoms with Gasteiger partial charge in [-0.15, -0.1) is 0 Å². The van der Waals surface area contributed by atoms with Crippen molar-refractivity contribution in [2.75, 3.05) is 46.6 Å². The molecule has 0 unspecified atom stereocenters. The monoisotopic (exact) mass is 340 g/mol. The highest BCUT2D eigenvalue weighted by atomic mass is 19.1. The number of rotatable bonds is 7. The number of halogens is 1. The normalized spacial score (nSPS) is 19.5. The minimum Gasteiger partial charge on any atom is -0.394 e. The Kier molecular flexibility index (Phi) is 6.68. The summed E-state index contributed by atoms with van der Waals surface area (Å²) in [4.78, 5) is 14.8. The fraction of sp³-hybridized carbons (Fsp3) is 0.588. The van der Waals surface area contributed by atoms with E-state index in [1.54, 1.807) is 12.1 Å². The van der Waals surface area contributed by atoms with Crippen LogP contribution in [-0.2, 0) is 19.9 Å². The van der Waals surface area contributed by atoms with Gasteiger partial charge in [0.2, 0.25) is 0 Å². The summed E-state index contributed by atoms with van der Waals surface area (Å²) in [6.07, 6.45) is 0. The highest BCUT2D eigenvalue weighted by molar-refractivity contribution is 5.86. The number of nitrogens with one attached hydrogen (secondary N) is 1. The van der Waals surface area contributed by atoms with Crippen LogP contribution in [0.1, 0.15) is 12.5 Å². The molecule has 134 valence electrons. The molecule has 1 fully saturated rings. The van der Waals surface area contributed by atoms with Crippen LogP contribution in [0.3, 0.4) is 0 Å². The summed E-state index contributed by atoms with van der Waals surface area (Å²) < 4.78 is 24.7. The Hall–Kier alpha value is -1.54. The van der Waals surface area contributed by atoms with E-state index in [4.69, 9.17) is 9.47 Å². The van der Waals surface area contributed by atoms with Gasteiger partial charge in [-0.05, 0) is 13.0 Å². The molecular weight excluding hydrogens is 315 g/mol. The molecule has 0 aromatic heterocycles. The number of nitrogens with zero attached hydrogens (tertiary/aromatic N) is 1. The number of amides is 1. The Labute approximate surface area is 141 Å². The van der Waals surface area contributed by atoms with Crippen LogP contribution >= 0.6 is 0 Å². The molecule has 24 heavy (non-hydrogen) atoms. The van der Waals surface area contributed by atoms with Crippen molar-refractivity contribution in [3.8, 4) is 0 Å². The fourth-order valence-corrected chi connectivity index (χ4v) is 2.74. The lowest BCUT2D eigenvalue weighted by Crippen LogP contribution is -2.53. The van der Waals surface area contributed by atoms with Crippen LogP contribution in [0.15, 0.2) is 24.3 Å². The average Bonchev–Trinajstić information content (AvgIpc) is 2.61. The van der Waals surface area contributed by atoms with E-state index < -0.39 is 23.4 Å². The van der Waals surface area contributed by atoms with Crippen LogP contribution in [0.4, 0.5) is 4.39 Å². The van der Waals surface area contributed by atoms with E-state index in [1.165, 1.54) is 26.2 Å². The zero-order valence-electron chi connectivity index (χ0n) is 14.1. The Balaban J connectivity index is 2.08. The molecule has 6 nitrogen and oxygen atoms in total. The number of ether oxygens (including phenoxy) is 2. The number of aliphatic hydroxyl groups is 1. The summed E-state index contributed by atoms with van der Waals surface area (Å²) >= 11 is 0. The van der Waals surface area contributed by atoms with Gasteiger partial charge in [-0.25, -0.2) is 4.39 Å². The van der Waals surface area contributed by atoms with E-state index >= 15 is 0 Å². The Morgan fingerprint density at radius 3 is 2.71 bits per heavy atom. The smallest absolute Gasteiger partial charge is 0.257 e. The summed E-state index contributed by atoms with van der Waals surface area (Å²) in [7, 11) is 1.36. The maximum atomic E-state index is 14.1. The van der Waals surface area contributed by atoms with E-state index in [0.717, 1.165) is 13.1 Å². The zero-order chi connectivity index (χ0) is 17.6. The molecule has 0 saturated carbocycles. The zero-order valence-corrected chi connectivity index (χ0v) is 14.1. The number of hydrogen-bond donors (Lipinski definition) is 2. The maximum Gasteiger partial charge on any atom is 0.257 e. The van der Waals surface area contributed by atoms with Gasteiger partial charge in [-0.1, -0.05) is 18.2 Å². The number of benzene rings is 1. The Morgan fingerprint density at radius 1 is 1.46 bits per heavy atom. The highest BCUT2D eigenvalue weighted by Gasteiger charge is 2.38. The lowest BCUT2D eigenvalue weighted by Gasteiger charge is -2.33. The lowest BCUT2D eigenvalue weighted by molar-refractivity contribution is -0.144. The van der Waals surface area contributed by atoms with Gasteiger partial charge in [0, 0.05) is 32.3 Å². The molecule has 0 aliphatic carbocycles. The van der Waals surface area contributed by atoms with Gasteiger partial charge in [0.1, 0.15) is 5.82 Å². The molecule has 2 atom stereocenters. The van der Waals surface area contributed by atoms with Gasteiger partial charge < -0.3 is 19.9 Å². The Morgan fingerprint density at radius 2 is 2.12 bits per heavy atom. The van der Waals surface area contributed by atoms with Crippen molar-refractivity contribution in [3.05, 3.63) is 35.6 Å². The standard InChI is InChI=1S/C17H25FN2O4/c1-17(23-2,14-5-3-4-6-15(14)18)16(22)19-13(12-21)11-20-7-9-24-10-8-20/h3-6,13,21H,7-12H2,1-2H3,(H,19,22)/t13-,17+/m1/s1. The van der Waals surface area contributed by atoms with E-state index in [1.807, 2.05) is 0 Å². The molecule has 2 N–H and O–H groups in total. The number of carbonyl (C=O) groups excluding carboxylic acids is 1. The van der Waals surface area contributed by atoms with E-state index in [-0.39, 0.29) is 12.2 Å². The largest absolute Gasteiger partial charge is 0.394 e. The minimum absolute atomic E-state index is 0.160. The average molecular weight is 340 g/mol. The molecule has 2 rings (SSSR count). The number of hydrogen-bond acceptors (Lipinski definition) is 5. The topological polar surface area (TPSA) is 71.0 Å². The minimum atomic E-state index is -1.47. The number of aliphatic hydroxyl groups excluding tert-OH is 1. The predicted octanol–water partition coefficient (Wildman–Crippen LogP) is 0.497.